The molecule has 1 aromatic carbocycles. The predicted molar refractivity (Wildman–Crippen MR) is 121 cm³/mol. The van der Waals surface area contributed by atoms with Crippen molar-refractivity contribution in [3.05, 3.63) is 55.7 Å². The Hall–Kier alpha value is -0.780. The molecule has 1 heterocycles. The number of alkyl halides is 1. The van der Waals surface area contributed by atoms with Crippen molar-refractivity contribution in [2.45, 2.75) is 56.4 Å². The molecule has 7 heteroatoms. The molecule has 1 fully saturated rings. The first-order valence-corrected chi connectivity index (χ1v) is 11.9. The van der Waals surface area contributed by atoms with E-state index in [0.29, 0.717) is 21.3 Å². The molecule has 1 aliphatic rings. The van der Waals surface area contributed by atoms with Gasteiger partial charge in [0.25, 0.3) is 0 Å². The minimum Gasteiger partial charge on any atom is -0.477 e. The van der Waals surface area contributed by atoms with E-state index in [1.165, 1.54) is 11.3 Å². The van der Waals surface area contributed by atoms with Crippen LogP contribution in [-0.2, 0) is 12.8 Å². The molecule has 4 atom stereocenters. The van der Waals surface area contributed by atoms with Crippen LogP contribution in [0.25, 0.3) is 0 Å². The lowest BCUT2D eigenvalue weighted by Crippen LogP contribution is -2.21. The highest BCUT2D eigenvalue weighted by Crippen LogP contribution is 2.42. The molecule has 3 nitrogen and oxygen atoms in total. The van der Waals surface area contributed by atoms with E-state index in [1.807, 2.05) is 18.2 Å². The number of aliphatic hydroxyl groups excluding tert-OH is 1. The second-order valence-electron chi connectivity index (χ2n) is 7.78. The van der Waals surface area contributed by atoms with Crippen molar-refractivity contribution in [1.29, 1.82) is 0 Å². The molecule has 2 aromatic rings. The Bertz CT molecular complexity index is 818. The standard InChI is InChI=1S/C22H25Cl3O3S/c23-14-9-13(10-15(24)11-14)3-1-6-18-17(19(25)12-20(18)26)5-2-4-16-7-8-21(29-16)22(27)28/h7-11,17-20,26H,1-6,12H2,(H,27,28)/t17-,18+,19+,20-/m1/s1. The second kappa shape index (κ2) is 10.5. The summed E-state index contributed by atoms with van der Waals surface area (Å²) in [6.07, 6.45) is 5.76. The smallest absolute Gasteiger partial charge is 0.345 e. The zero-order chi connectivity index (χ0) is 21.0. The number of thiophene rings is 1. The lowest BCUT2D eigenvalue weighted by molar-refractivity contribution is 0.0702. The third kappa shape index (κ3) is 6.35. The quantitative estimate of drug-likeness (QED) is 0.397. The van der Waals surface area contributed by atoms with E-state index in [2.05, 4.69) is 0 Å². The molecule has 0 spiro atoms. The summed E-state index contributed by atoms with van der Waals surface area (Å²) in [7, 11) is 0. The number of benzene rings is 1. The fourth-order valence-electron chi connectivity index (χ4n) is 4.37. The van der Waals surface area contributed by atoms with Crippen LogP contribution < -0.4 is 0 Å². The number of aryl methyl sites for hydroxylation is 2. The molecule has 1 aliphatic carbocycles. The highest BCUT2D eigenvalue weighted by atomic mass is 35.5. The number of carboxylic acid groups (broad SMARTS) is 1. The molecule has 0 saturated heterocycles. The largest absolute Gasteiger partial charge is 0.477 e. The van der Waals surface area contributed by atoms with Gasteiger partial charge >= 0.3 is 5.97 Å². The first-order valence-electron chi connectivity index (χ1n) is 9.92. The van der Waals surface area contributed by atoms with E-state index >= 15 is 0 Å². The summed E-state index contributed by atoms with van der Waals surface area (Å²) in [6, 6.07) is 9.16. The molecule has 0 unspecified atom stereocenters. The lowest BCUT2D eigenvalue weighted by atomic mass is 9.85. The molecule has 0 amide bonds. The van der Waals surface area contributed by atoms with Gasteiger partial charge in [0.1, 0.15) is 4.88 Å². The van der Waals surface area contributed by atoms with Crippen LogP contribution in [0.1, 0.15) is 52.2 Å². The van der Waals surface area contributed by atoms with Crippen LogP contribution in [0.5, 0.6) is 0 Å². The zero-order valence-corrected chi connectivity index (χ0v) is 19.1. The summed E-state index contributed by atoms with van der Waals surface area (Å²) in [5.74, 6) is -0.388. The molecule has 158 valence electrons. The fourth-order valence-corrected chi connectivity index (χ4v) is 6.33. The van der Waals surface area contributed by atoms with Gasteiger partial charge in [-0.05, 0) is 92.7 Å². The number of halogens is 3. The van der Waals surface area contributed by atoms with E-state index in [9.17, 15) is 9.90 Å². The molecular formula is C22H25Cl3O3S. The Morgan fingerprint density at radius 3 is 2.34 bits per heavy atom. The van der Waals surface area contributed by atoms with Crippen LogP contribution in [0.15, 0.2) is 30.3 Å². The average molecular weight is 476 g/mol. The summed E-state index contributed by atoms with van der Waals surface area (Å²) < 4.78 is 0. The average Bonchev–Trinajstić information content (AvgIpc) is 3.20. The van der Waals surface area contributed by atoms with E-state index < -0.39 is 5.97 Å². The Morgan fingerprint density at radius 2 is 1.69 bits per heavy atom. The SMILES string of the molecule is O=C(O)c1ccc(CCC[C@@H]2[C@H](CCCc3cc(Cl)cc(Cl)c3)[C@H](O)C[C@@H]2Cl)s1. The van der Waals surface area contributed by atoms with Crippen LogP contribution in [0.2, 0.25) is 10.0 Å². The number of hydrogen-bond acceptors (Lipinski definition) is 3. The van der Waals surface area contributed by atoms with Crippen LogP contribution in [-0.4, -0.2) is 27.7 Å². The minimum absolute atomic E-state index is 0.00599. The summed E-state index contributed by atoms with van der Waals surface area (Å²) in [6.45, 7) is 0. The number of carbonyl (C=O) groups is 1. The molecule has 1 saturated carbocycles. The third-order valence-corrected chi connectivity index (χ3v) is 7.81. The van der Waals surface area contributed by atoms with Gasteiger partial charge in [0, 0.05) is 20.3 Å². The molecule has 29 heavy (non-hydrogen) atoms. The fraction of sp³-hybridized carbons (Fsp3) is 0.500. The van der Waals surface area contributed by atoms with Gasteiger partial charge in [0.15, 0.2) is 0 Å². The van der Waals surface area contributed by atoms with Crippen molar-refractivity contribution in [1.82, 2.24) is 0 Å². The number of carboxylic acids is 1. The Kier molecular flexibility index (Phi) is 8.29. The molecule has 2 N–H and O–H groups in total. The van der Waals surface area contributed by atoms with Crippen LogP contribution in [0.4, 0.5) is 0 Å². The first-order chi connectivity index (χ1) is 13.8. The van der Waals surface area contributed by atoms with Crippen LogP contribution in [0.3, 0.4) is 0 Å². The maximum absolute atomic E-state index is 11.0. The normalized spacial score (nSPS) is 24.1. The van der Waals surface area contributed by atoms with Gasteiger partial charge in [0.05, 0.1) is 6.10 Å². The number of hydrogen-bond donors (Lipinski definition) is 2. The number of aliphatic hydroxyl groups is 1. The number of aromatic carboxylic acids is 1. The van der Waals surface area contributed by atoms with E-state index in [1.54, 1.807) is 12.1 Å². The Morgan fingerprint density at radius 1 is 1.03 bits per heavy atom. The highest BCUT2D eigenvalue weighted by molar-refractivity contribution is 7.13. The number of rotatable bonds is 9. The molecular weight excluding hydrogens is 451 g/mol. The van der Waals surface area contributed by atoms with E-state index in [-0.39, 0.29) is 23.3 Å². The molecule has 0 radical (unpaired) electrons. The van der Waals surface area contributed by atoms with Gasteiger partial charge in [-0.15, -0.1) is 22.9 Å². The van der Waals surface area contributed by atoms with Crippen molar-refractivity contribution in [3.8, 4) is 0 Å². The van der Waals surface area contributed by atoms with Crippen LogP contribution in [0, 0.1) is 11.8 Å². The van der Waals surface area contributed by atoms with Gasteiger partial charge < -0.3 is 10.2 Å². The lowest BCUT2D eigenvalue weighted by Gasteiger charge is -2.23. The van der Waals surface area contributed by atoms with Gasteiger partial charge in [0.2, 0.25) is 0 Å². The van der Waals surface area contributed by atoms with E-state index in [0.717, 1.165) is 49.0 Å². The molecule has 3 rings (SSSR count). The van der Waals surface area contributed by atoms with Crippen LogP contribution >= 0.6 is 46.1 Å². The van der Waals surface area contributed by atoms with Gasteiger partial charge in [-0.1, -0.05) is 23.2 Å². The highest BCUT2D eigenvalue weighted by Gasteiger charge is 2.40. The van der Waals surface area contributed by atoms with Crippen molar-refractivity contribution in [2.75, 3.05) is 0 Å². The summed E-state index contributed by atoms with van der Waals surface area (Å²) >= 11 is 20.0. The third-order valence-electron chi connectivity index (χ3n) is 5.73. The summed E-state index contributed by atoms with van der Waals surface area (Å²) in [5.41, 5.74) is 1.11. The van der Waals surface area contributed by atoms with E-state index in [4.69, 9.17) is 39.9 Å². The topological polar surface area (TPSA) is 57.5 Å². The molecule has 0 aliphatic heterocycles. The maximum atomic E-state index is 11.0. The molecule has 1 aromatic heterocycles. The van der Waals surface area contributed by atoms with Crippen molar-refractivity contribution in [3.63, 3.8) is 0 Å². The maximum Gasteiger partial charge on any atom is 0.345 e. The minimum atomic E-state index is -0.873. The zero-order valence-electron chi connectivity index (χ0n) is 16.0. The predicted octanol–water partition coefficient (Wildman–Crippen LogP) is 6.70. The van der Waals surface area contributed by atoms with Gasteiger partial charge in [-0.25, -0.2) is 4.79 Å². The van der Waals surface area contributed by atoms with Crippen molar-refractivity contribution >= 4 is 52.1 Å². The Balaban J connectivity index is 1.50. The summed E-state index contributed by atoms with van der Waals surface area (Å²) in [4.78, 5) is 12.5. The van der Waals surface area contributed by atoms with Gasteiger partial charge in [-0.2, -0.15) is 0 Å². The summed E-state index contributed by atoms with van der Waals surface area (Å²) in [5, 5.41) is 20.8. The monoisotopic (exact) mass is 474 g/mol. The Labute approximate surface area is 190 Å². The van der Waals surface area contributed by atoms with Gasteiger partial charge in [-0.3, -0.25) is 0 Å². The second-order valence-corrected chi connectivity index (χ2v) is 10.4. The van der Waals surface area contributed by atoms with Crippen molar-refractivity contribution in [2.24, 2.45) is 11.8 Å². The molecule has 0 bridgehead atoms. The first kappa shape index (κ1) is 22.9. The van der Waals surface area contributed by atoms with Crippen molar-refractivity contribution < 1.29 is 15.0 Å².